The molecule has 0 amide bonds. The van der Waals surface area contributed by atoms with E-state index in [9.17, 15) is 18.3 Å². The van der Waals surface area contributed by atoms with Gasteiger partial charge in [0.2, 0.25) is 0 Å². The number of aromatic hydroxyl groups is 1. The molecule has 33 heavy (non-hydrogen) atoms. The van der Waals surface area contributed by atoms with Gasteiger partial charge >= 0.3 is 6.36 Å². The summed E-state index contributed by atoms with van der Waals surface area (Å²) in [6.07, 6.45) is 3.50. The molecular weight excluding hydrogens is 429 g/mol. The number of benzene rings is 2. The average Bonchev–Trinajstić information content (AvgIpc) is 3.54. The summed E-state index contributed by atoms with van der Waals surface area (Å²) < 4.78 is 42.8. The van der Waals surface area contributed by atoms with Crippen LogP contribution >= 0.6 is 0 Å². The van der Waals surface area contributed by atoms with Gasteiger partial charge in [-0.25, -0.2) is 0 Å². The minimum atomic E-state index is -4.71. The molecule has 176 valence electrons. The van der Waals surface area contributed by atoms with Crippen LogP contribution in [0.2, 0.25) is 0 Å². The number of rotatable bonds is 6. The maximum atomic E-state index is 12.4. The first-order chi connectivity index (χ1) is 15.7. The zero-order valence-corrected chi connectivity index (χ0v) is 18.7. The van der Waals surface area contributed by atoms with Gasteiger partial charge in [0.25, 0.3) is 0 Å². The predicted molar refractivity (Wildman–Crippen MR) is 122 cm³/mol. The van der Waals surface area contributed by atoms with Crippen LogP contribution in [0.5, 0.6) is 11.6 Å². The van der Waals surface area contributed by atoms with Crippen LogP contribution in [0.1, 0.15) is 42.4 Å². The van der Waals surface area contributed by atoms with Gasteiger partial charge in [-0.05, 0) is 92.9 Å². The van der Waals surface area contributed by atoms with E-state index in [4.69, 9.17) is 0 Å². The van der Waals surface area contributed by atoms with E-state index in [1.807, 2.05) is 13.1 Å². The Morgan fingerprint density at radius 3 is 2.33 bits per heavy atom. The van der Waals surface area contributed by atoms with Crippen molar-refractivity contribution in [3.63, 3.8) is 0 Å². The van der Waals surface area contributed by atoms with E-state index in [0.29, 0.717) is 12.5 Å². The number of piperidine rings is 1. The summed E-state index contributed by atoms with van der Waals surface area (Å²) in [6.45, 7) is 4.80. The van der Waals surface area contributed by atoms with Crippen molar-refractivity contribution in [3.8, 4) is 11.6 Å². The SMILES string of the molecule is Cc1cc(CC2CCN(C3CC3)CC2)cc2cn(Cc3ccc(OC(F)(F)F)cc3)c(O)c12. The van der Waals surface area contributed by atoms with Crippen LogP contribution in [0.4, 0.5) is 13.2 Å². The highest BCUT2D eigenvalue weighted by molar-refractivity contribution is 5.91. The Kier molecular flexibility index (Phi) is 5.77. The number of halogens is 3. The standard InChI is InChI=1S/C26H29F3N2O2/c1-17-12-20(13-18-8-10-30(11-9-18)22-4-5-22)14-21-16-31(25(32)24(17)21)15-19-2-6-23(7-3-19)33-26(27,28)29/h2-3,6-7,12,14,16,18,22,32H,4-5,8-11,13,15H2,1H3. The second-order valence-electron chi connectivity index (χ2n) is 9.56. The Bertz CT molecular complexity index is 1130. The lowest BCUT2D eigenvalue weighted by atomic mass is 9.89. The smallest absolute Gasteiger partial charge is 0.494 e. The molecule has 2 fully saturated rings. The molecule has 2 aromatic carbocycles. The van der Waals surface area contributed by atoms with Crippen LogP contribution in [0.3, 0.4) is 0 Å². The molecule has 0 bridgehead atoms. The predicted octanol–water partition coefficient (Wildman–Crippen LogP) is 6.02. The molecule has 0 atom stereocenters. The van der Waals surface area contributed by atoms with Crippen molar-refractivity contribution in [2.75, 3.05) is 13.1 Å². The van der Waals surface area contributed by atoms with E-state index in [0.717, 1.165) is 34.4 Å². The molecule has 0 radical (unpaired) electrons. The van der Waals surface area contributed by atoms with E-state index in [-0.39, 0.29) is 11.6 Å². The van der Waals surface area contributed by atoms with Gasteiger partial charge in [0.05, 0.1) is 6.54 Å². The Hall–Kier alpha value is -2.67. The fourth-order valence-electron chi connectivity index (χ4n) is 5.20. The second kappa shape index (κ2) is 8.60. The molecule has 0 spiro atoms. The zero-order chi connectivity index (χ0) is 23.2. The molecule has 1 aromatic heterocycles. The van der Waals surface area contributed by atoms with Crippen molar-refractivity contribution in [1.82, 2.24) is 9.47 Å². The van der Waals surface area contributed by atoms with Crippen molar-refractivity contribution in [1.29, 1.82) is 0 Å². The molecule has 1 saturated carbocycles. The number of nitrogens with zero attached hydrogens (tertiary/aromatic N) is 2. The number of fused-ring (bicyclic) bond motifs is 1. The first-order valence-corrected chi connectivity index (χ1v) is 11.7. The summed E-state index contributed by atoms with van der Waals surface area (Å²) in [7, 11) is 0. The van der Waals surface area contributed by atoms with E-state index >= 15 is 0 Å². The van der Waals surface area contributed by atoms with E-state index < -0.39 is 6.36 Å². The van der Waals surface area contributed by atoms with Gasteiger partial charge in [-0.1, -0.05) is 18.2 Å². The number of aromatic nitrogens is 1. The topological polar surface area (TPSA) is 37.6 Å². The van der Waals surface area contributed by atoms with Crippen molar-refractivity contribution < 1.29 is 23.0 Å². The molecule has 4 nitrogen and oxygen atoms in total. The molecule has 3 aromatic rings. The Balaban J connectivity index is 1.29. The third-order valence-corrected chi connectivity index (χ3v) is 6.96. The highest BCUT2D eigenvalue weighted by atomic mass is 19.4. The zero-order valence-electron chi connectivity index (χ0n) is 18.7. The maximum absolute atomic E-state index is 12.4. The van der Waals surface area contributed by atoms with E-state index in [1.54, 1.807) is 16.7 Å². The van der Waals surface area contributed by atoms with Crippen LogP contribution in [0.25, 0.3) is 10.8 Å². The van der Waals surface area contributed by atoms with Crippen molar-refractivity contribution in [2.24, 2.45) is 5.92 Å². The molecule has 1 N–H and O–H groups in total. The van der Waals surface area contributed by atoms with Crippen molar-refractivity contribution in [3.05, 3.63) is 59.3 Å². The summed E-state index contributed by atoms with van der Waals surface area (Å²) in [5, 5.41) is 12.7. The largest absolute Gasteiger partial charge is 0.573 e. The summed E-state index contributed by atoms with van der Waals surface area (Å²) in [4.78, 5) is 2.64. The molecule has 1 aliphatic heterocycles. The van der Waals surface area contributed by atoms with Gasteiger partial charge in [-0.3, -0.25) is 0 Å². The van der Waals surface area contributed by atoms with Gasteiger partial charge in [-0.15, -0.1) is 13.2 Å². The third kappa shape index (κ3) is 5.13. The van der Waals surface area contributed by atoms with E-state index in [2.05, 4.69) is 21.8 Å². The van der Waals surface area contributed by atoms with Crippen LogP contribution < -0.4 is 4.74 Å². The highest BCUT2D eigenvalue weighted by Gasteiger charge is 2.32. The molecule has 1 aliphatic carbocycles. The van der Waals surface area contributed by atoms with Crippen molar-refractivity contribution in [2.45, 2.75) is 58.0 Å². The van der Waals surface area contributed by atoms with E-state index in [1.165, 1.54) is 56.5 Å². The lowest BCUT2D eigenvalue weighted by molar-refractivity contribution is -0.274. The van der Waals surface area contributed by atoms with Gasteiger partial charge in [-0.2, -0.15) is 0 Å². The molecule has 0 unspecified atom stereocenters. The number of likely N-dealkylation sites (tertiary alicyclic amines) is 1. The van der Waals surface area contributed by atoms with Gasteiger partial charge in [0, 0.05) is 23.0 Å². The fraction of sp³-hybridized carbons (Fsp3) is 0.462. The molecule has 2 heterocycles. The Labute approximate surface area is 191 Å². The highest BCUT2D eigenvalue weighted by Crippen LogP contribution is 2.35. The van der Waals surface area contributed by atoms with Gasteiger partial charge < -0.3 is 19.3 Å². The summed E-state index contributed by atoms with van der Waals surface area (Å²) >= 11 is 0. The molecule has 2 aliphatic rings. The lowest BCUT2D eigenvalue weighted by Crippen LogP contribution is -2.35. The van der Waals surface area contributed by atoms with Crippen LogP contribution in [0, 0.1) is 12.8 Å². The minimum absolute atomic E-state index is 0.183. The first-order valence-electron chi connectivity index (χ1n) is 11.7. The van der Waals surface area contributed by atoms with Crippen LogP contribution in [-0.4, -0.2) is 40.1 Å². The Morgan fingerprint density at radius 1 is 1.00 bits per heavy atom. The number of hydrogen-bond acceptors (Lipinski definition) is 3. The fourth-order valence-corrected chi connectivity index (χ4v) is 5.20. The number of hydrogen-bond donors (Lipinski definition) is 1. The lowest BCUT2D eigenvalue weighted by Gasteiger charge is -2.32. The minimum Gasteiger partial charge on any atom is -0.494 e. The quantitative estimate of drug-likeness (QED) is 0.491. The molecule has 7 heteroatoms. The van der Waals surface area contributed by atoms with Gasteiger partial charge in [0.1, 0.15) is 5.75 Å². The number of alkyl halides is 3. The molecular formula is C26H29F3N2O2. The van der Waals surface area contributed by atoms with Crippen LogP contribution in [0.15, 0.2) is 42.6 Å². The normalized spacial score (nSPS) is 18.2. The van der Waals surface area contributed by atoms with Crippen LogP contribution in [-0.2, 0) is 13.0 Å². The first kappa shape index (κ1) is 22.1. The van der Waals surface area contributed by atoms with Gasteiger partial charge in [0.15, 0.2) is 5.88 Å². The molecule has 5 rings (SSSR count). The summed E-state index contributed by atoms with van der Waals surface area (Å²) in [5.41, 5.74) is 3.12. The number of ether oxygens (including phenoxy) is 1. The maximum Gasteiger partial charge on any atom is 0.573 e. The number of aryl methyl sites for hydroxylation is 1. The average molecular weight is 459 g/mol. The monoisotopic (exact) mass is 458 g/mol. The summed E-state index contributed by atoms with van der Waals surface area (Å²) in [6, 6.07) is 11.0. The summed E-state index contributed by atoms with van der Waals surface area (Å²) in [5.74, 6) is 0.629. The molecule has 1 saturated heterocycles. The van der Waals surface area contributed by atoms with Crippen molar-refractivity contribution >= 4 is 10.8 Å². The Morgan fingerprint density at radius 2 is 1.70 bits per heavy atom. The third-order valence-electron chi connectivity index (χ3n) is 6.96. The second-order valence-corrected chi connectivity index (χ2v) is 9.56.